The third kappa shape index (κ3) is 5.84. The number of esters is 1. The Morgan fingerprint density at radius 2 is 2.06 bits per heavy atom. The molecule has 1 aromatic carbocycles. The molecule has 31 heavy (non-hydrogen) atoms. The first-order valence-corrected chi connectivity index (χ1v) is 11.0. The van der Waals surface area contributed by atoms with E-state index < -0.39 is 5.97 Å². The van der Waals surface area contributed by atoms with Gasteiger partial charge >= 0.3 is 5.97 Å². The molecule has 11 heteroatoms. The number of nitrogens with one attached hydrogen (secondary N) is 1. The normalized spacial score (nSPS) is 10.4. The maximum atomic E-state index is 12.3. The van der Waals surface area contributed by atoms with Gasteiger partial charge in [0.15, 0.2) is 6.61 Å². The number of para-hydroxylation sites is 1. The molecule has 2 aromatic heterocycles. The minimum atomic E-state index is -0.521. The number of ether oxygens (including phenoxy) is 2. The van der Waals surface area contributed by atoms with E-state index in [1.54, 1.807) is 13.8 Å². The third-order valence-electron chi connectivity index (χ3n) is 3.85. The van der Waals surface area contributed by atoms with Crippen molar-refractivity contribution >= 4 is 40.0 Å². The molecule has 0 radical (unpaired) electrons. The van der Waals surface area contributed by atoms with Gasteiger partial charge in [0.1, 0.15) is 21.7 Å². The van der Waals surface area contributed by atoms with Crippen molar-refractivity contribution in [1.82, 2.24) is 10.2 Å². The lowest BCUT2D eigenvalue weighted by molar-refractivity contribution is -0.113. The molecule has 2 heterocycles. The molecule has 1 amide bonds. The molecule has 9 nitrogen and oxygen atoms in total. The van der Waals surface area contributed by atoms with E-state index in [1.807, 2.05) is 36.4 Å². The molecule has 3 aromatic rings. The Hall–Kier alpha value is -3.36. The number of benzene rings is 1. The number of carbonyl (C=O) groups is 2. The van der Waals surface area contributed by atoms with Crippen LogP contribution < -0.4 is 10.1 Å². The van der Waals surface area contributed by atoms with Crippen LogP contribution in [0.15, 0.2) is 40.0 Å². The SMILES string of the molecule is CCOC(=O)c1sc(NC(=O)CSc2nnc(COc3ccccc3)o2)c(C#N)c1C. The number of thioether (sulfide) groups is 1. The summed E-state index contributed by atoms with van der Waals surface area (Å²) < 4.78 is 16.0. The maximum Gasteiger partial charge on any atom is 0.348 e. The quantitative estimate of drug-likeness (QED) is 0.376. The molecule has 0 fully saturated rings. The number of nitrogens with zero attached hydrogens (tertiary/aromatic N) is 3. The van der Waals surface area contributed by atoms with E-state index in [0.717, 1.165) is 23.1 Å². The highest BCUT2D eigenvalue weighted by molar-refractivity contribution is 7.99. The fourth-order valence-electron chi connectivity index (χ4n) is 2.43. The molecule has 0 unspecified atom stereocenters. The van der Waals surface area contributed by atoms with Crippen LogP contribution >= 0.6 is 23.1 Å². The van der Waals surface area contributed by atoms with E-state index in [9.17, 15) is 14.9 Å². The van der Waals surface area contributed by atoms with Crippen LogP contribution in [0.2, 0.25) is 0 Å². The number of rotatable bonds is 9. The van der Waals surface area contributed by atoms with Crippen LogP contribution in [0.3, 0.4) is 0 Å². The van der Waals surface area contributed by atoms with Gasteiger partial charge in [-0.3, -0.25) is 4.79 Å². The van der Waals surface area contributed by atoms with Crippen LogP contribution in [0.5, 0.6) is 5.75 Å². The average Bonchev–Trinajstić information content (AvgIpc) is 3.35. The third-order valence-corrected chi connectivity index (χ3v) is 5.86. The minimum Gasteiger partial charge on any atom is -0.484 e. The van der Waals surface area contributed by atoms with Crippen LogP contribution in [0, 0.1) is 18.3 Å². The summed E-state index contributed by atoms with van der Waals surface area (Å²) in [5.41, 5.74) is 0.721. The fraction of sp³-hybridized carbons (Fsp3) is 0.250. The smallest absolute Gasteiger partial charge is 0.348 e. The number of thiophene rings is 1. The molecular formula is C20H18N4O5S2. The fourth-order valence-corrected chi connectivity index (χ4v) is 4.08. The lowest BCUT2D eigenvalue weighted by Crippen LogP contribution is -2.13. The number of aromatic nitrogens is 2. The van der Waals surface area contributed by atoms with E-state index in [0.29, 0.717) is 21.2 Å². The van der Waals surface area contributed by atoms with Crippen molar-refractivity contribution < 1.29 is 23.5 Å². The molecule has 0 aliphatic carbocycles. The first-order chi connectivity index (χ1) is 15.0. The van der Waals surface area contributed by atoms with E-state index in [1.165, 1.54) is 0 Å². The average molecular weight is 459 g/mol. The van der Waals surface area contributed by atoms with Gasteiger partial charge in [0.25, 0.3) is 11.1 Å². The van der Waals surface area contributed by atoms with Crippen molar-refractivity contribution in [1.29, 1.82) is 5.26 Å². The van der Waals surface area contributed by atoms with Crippen LogP contribution in [-0.2, 0) is 16.1 Å². The van der Waals surface area contributed by atoms with E-state index >= 15 is 0 Å². The Morgan fingerprint density at radius 3 is 2.77 bits per heavy atom. The lowest BCUT2D eigenvalue weighted by Gasteiger charge is -2.02. The number of hydrogen-bond acceptors (Lipinski definition) is 10. The van der Waals surface area contributed by atoms with Gasteiger partial charge in [0, 0.05) is 0 Å². The van der Waals surface area contributed by atoms with Crippen LogP contribution in [-0.4, -0.2) is 34.4 Å². The summed E-state index contributed by atoms with van der Waals surface area (Å²) in [6, 6.07) is 11.2. The zero-order valence-electron chi connectivity index (χ0n) is 16.7. The van der Waals surface area contributed by atoms with Crippen molar-refractivity contribution in [2.75, 3.05) is 17.7 Å². The number of hydrogen-bond donors (Lipinski definition) is 1. The van der Waals surface area contributed by atoms with Crippen LogP contribution in [0.25, 0.3) is 0 Å². The van der Waals surface area contributed by atoms with Gasteiger partial charge in [-0.05, 0) is 31.5 Å². The predicted octanol–water partition coefficient (Wildman–Crippen LogP) is 3.80. The highest BCUT2D eigenvalue weighted by Gasteiger charge is 2.22. The molecule has 0 spiro atoms. The molecular weight excluding hydrogens is 440 g/mol. The summed E-state index contributed by atoms with van der Waals surface area (Å²) in [5.74, 6) is 0.0472. The standard InChI is InChI=1S/C20H18N4O5S2/c1-3-27-19(26)17-12(2)14(9-21)18(31-17)22-15(25)11-30-20-24-23-16(29-20)10-28-13-7-5-4-6-8-13/h4-8H,3,10-11H2,1-2H3,(H,22,25). The number of anilines is 1. The maximum absolute atomic E-state index is 12.3. The minimum absolute atomic E-state index is 0.0161. The molecule has 1 N–H and O–H groups in total. The topological polar surface area (TPSA) is 127 Å². The van der Waals surface area contributed by atoms with Gasteiger partial charge < -0.3 is 19.2 Å². The number of amides is 1. The Kier molecular flexibility index (Phi) is 7.64. The summed E-state index contributed by atoms with van der Waals surface area (Å²) in [5, 5.41) is 20.3. The first kappa shape index (κ1) is 22.3. The largest absolute Gasteiger partial charge is 0.484 e. The van der Waals surface area contributed by atoms with Crippen molar-refractivity contribution in [2.45, 2.75) is 25.7 Å². The van der Waals surface area contributed by atoms with Crippen molar-refractivity contribution in [3.05, 3.63) is 52.2 Å². The van der Waals surface area contributed by atoms with Crippen LogP contribution in [0.4, 0.5) is 5.00 Å². The highest BCUT2D eigenvalue weighted by Crippen LogP contribution is 2.33. The van der Waals surface area contributed by atoms with Crippen LogP contribution in [0.1, 0.15) is 33.6 Å². The zero-order chi connectivity index (χ0) is 22.2. The van der Waals surface area contributed by atoms with E-state index in [2.05, 4.69) is 15.5 Å². The summed E-state index contributed by atoms with van der Waals surface area (Å²) in [6.07, 6.45) is 0. The van der Waals surface area contributed by atoms with Crippen molar-refractivity contribution in [3.8, 4) is 11.8 Å². The second-order valence-corrected chi connectivity index (χ2v) is 7.94. The zero-order valence-corrected chi connectivity index (χ0v) is 18.3. The monoisotopic (exact) mass is 458 g/mol. The van der Waals surface area contributed by atoms with Crippen molar-refractivity contribution in [3.63, 3.8) is 0 Å². The predicted molar refractivity (Wildman–Crippen MR) is 114 cm³/mol. The lowest BCUT2D eigenvalue weighted by atomic mass is 10.2. The summed E-state index contributed by atoms with van der Waals surface area (Å²) in [7, 11) is 0. The van der Waals surface area contributed by atoms with E-state index in [4.69, 9.17) is 13.9 Å². The van der Waals surface area contributed by atoms with Gasteiger partial charge in [-0.2, -0.15) is 5.26 Å². The number of nitriles is 1. The Balaban J connectivity index is 1.55. The first-order valence-electron chi connectivity index (χ1n) is 9.15. The molecule has 0 bridgehead atoms. The molecule has 0 saturated carbocycles. The summed E-state index contributed by atoms with van der Waals surface area (Å²) >= 11 is 2.06. The molecule has 0 aliphatic rings. The molecule has 3 rings (SSSR count). The summed E-state index contributed by atoms with van der Waals surface area (Å²) in [4.78, 5) is 24.6. The second-order valence-electron chi connectivity index (χ2n) is 5.99. The molecule has 160 valence electrons. The molecule has 0 aliphatic heterocycles. The Morgan fingerprint density at radius 1 is 1.29 bits per heavy atom. The van der Waals surface area contributed by atoms with Gasteiger partial charge in [-0.1, -0.05) is 30.0 Å². The second kappa shape index (κ2) is 10.6. The highest BCUT2D eigenvalue weighted by atomic mass is 32.2. The molecule has 0 atom stereocenters. The van der Waals surface area contributed by atoms with Gasteiger partial charge in [0.2, 0.25) is 5.91 Å². The van der Waals surface area contributed by atoms with Gasteiger partial charge in [-0.15, -0.1) is 21.5 Å². The molecule has 0 saturated heterocycles. The van der Waals surface area contributed by atoms with Gasteiger partial charge in [0.05, 0.1) is 17.9 Å². The number of carbonyl (C=O) groups excluding carboxylic acids is 2. The Bertz CT molecular complexity index is 1100. The van der Waals surface area contributed by atoms with E-state index in [-0.39, 0.29) is 41.6 Å². The summed E-state index contributed by atoms with van der Waals surface area (Å²) in [6.45, 7) is 3.67. The van der Waals surface area contributed by atoms with Gasteiger partial charge in [-0.25, -0.2) is 4.79 Å². The Labute approximate surface area is 186 Å². The van der Waals surface area contributed by atoms with Crippen molar-refractivity contribution in [2.24, 2.45) is 0 Å².